The molecule has 0 aliphatic rings. The van der Waals surface area contributed by atoms with Crippen molar-refractivity contribution in [2.75, 3.05) is 0 Å². The van der Waals surface area contributed by atoms with Crippen LogP contribution in [0.4, 0.5) is 0 Å². The molecule has 74 valence electrons. The lowest BCUT2D eigenvalue weighted by Gasteiger charge is -1.99. The van der Waals surface area contributed by atoms with Crippen LogP contribution in [0.15, 0.2) is 11.8 Å². The van der Waals surface area contributed by atoms with Crippen LogP contribution in [0.5, 0.6) is 0 Å². The van der Waals surface area contributed by atoms with Crippen molar-refractivity contribution in [2.24, 2.45) is 0 Å². The van der Waals surface area contributed by atoms with Crippen LogP contribution >= 0.6 is 11.3 Å². The van der Waals surface area contributed by atoms with E-state index < -0.39 is 0 Å². The van der Waals surface area contributed by atoms with Gasteiger partial charge in [0, 0.05) is 11.4 Å². The predicted molar refractivity (Wildman–Crippen MR) is 53.8 cm³/mol. The summed E-state index contributed by atoms with van der Waals surface area (Å²) in [6.07, 6.45) is 1.51. The van der Waals surface area contributed by atoms with Gasteiger partial charge in [-0.1, -0.05) is 0 Å². The van der Waals surface area contributed by atoms with Crippen molar-refractivity contribution in [3.63, 3.8) is 0 Å². The van der Waals surface area contributed by atoms with Crippen LogP contribution < -0.4 is 5.32 Å². The fourth-order valence-corrected chi connectivity index (χ4v) is 1.85. The Morgan fingerprint density at radius 1 is 1.43 bits per heavy atom. The Kier molecular flexibility index (Phi) is 2.85. The lowest BCUT2D eigenvalue weighted by Crippen LogP contribution is -2.13. The summed E-state index contributed by atoms with van der Waals surface area (Å²) in [5.41, 5.74) is 2.96. The first kappa shape index (κ1) is 9.29. The zero-order chi connectivity index (χ0) is 9.80. The van der Waals surface area contributed by atoms with E-state index in [1.807, 2.05) is 12.4 Å². The Bertz CT molecular complexity index is 380. The zero-order valence-corrected chi connectivity index (χ0v) is 8.64. The van der Waals surface area contributed by atoms with E-state index in [9.17, 15) is 0 Å². The van der Waals surface area contributed by atoms with Gasteiger partial charge in [-0.05, 0) is 6.92 Å². The highest BCUT2D eigenvalue weighted by Gasteiger charge is 2.00. The molecule has 2 heterocycles. The molecule has 0 radical (unpaired) electrons. The minimum absolute atomic E-state index is 0.706. The van der Waals surface area contributed by atoms with E-state index in [-0.39, 0.29) is 0 Å². The molecule has 2 rings (SSSR count). The zero-order valence-electron chi connectivity index (χ0n) is 7.82. The second-order valence-electron chi connectivity index (χ2n) is 2.90. The molecule has 0 spiro atoms. The van der Waals surface area contributed by atoms with Crippen LogP contribution in [0.3, 0.4) is 0 Å². The molecule has 6 heteroatoms. The summed E-state index contributed by atoms with van der Waals surface area (Å²) in [5, 5.41) is 9.83. The molecule has 0 atom stereocenters. The van der Waals surface area contributed by atoms with Gasteiger partial charge in [-0.2, -0.15) is 5.10 Å². The molecular formula is C8H11N5S. The highest BCUT2D eigenvalue weighted by atomic mass is 32.1. The Labute approximate surface area is 85.6 Å². The number of hydrogen-bond donors (Lipinski definition) is 2. The normalized spacial score (nSPS) is 10.6. The second-order valence-corrected chi connectivity index (χ2v) is 3.84. The molecular weight excluding hydrogens is 198 g/mol. The quantitative estimate of drug-likeness (QED) is 0.783. The molecule has 0 fully saturated rings. The van der Waals surface area contributed by atoms with Crippen LogP contribution in [0.25, 0.3) is 0 Å². The van der Waals surface area contributed by atoms with E-state index in [1.54, 1.807) is 11.3 Å². The summed E-state index contributed by atoms with van der Waals surface area (Å²) < 4.78 is 0. The summed E-state index contributed by atoms with van der Waals surface area (Å²) in [4.78, 5) is 9.46. The molecule has 2 N–H and O–H groups in total. The van der Waals surface area contributed by atoms with Gasteiger partial charge in [0.25, 0.3) is 0 Å². The molecule has 0 amide bonds. The second kappa shape index (κ2) is 4.30. The SMILES string of the molecule is Cc1ncsc1CNCc1ncn[nH]1. The monoisotopic (exact) mass is 209 g/mol. The van der Waals surface area contributed by atoms with E-state index in [0.29, 0.717) is 6.54 Å². The summed E-state index contributed by atoms with van der Waals surface area (Å²) >= 11 is 1.67. The van der Waals surface area contributed by atoms with Crippen LogP contribution in [0.1, 0.15) is 16.4 Å². The first-order valence-electron chi connectivity index (χ1n) is 4.30. The van der Waals surface area contributed by atoms with Gasteiger partial charge >= 0.3 is 0 Å². The largest absolute Gasteiger partial charge is 0.305 e. The maximum atomic E-state index is 4.18. The number of aromatic amines is 1. The van der Waals surface area contributed by atoms with E-state index in [2.05, 4.69) is 25.5 Å². The van der Waals surface area contributed by atoms with Crippen molar-refractivity contribution < 1.29 is 0 Å². The van der Waals surface area contributed by atoms with Gasteiger partial charge in [0.1, 0.15) is 12.2 Å². The van der Waals surface area contributed by atoms with Gasteiger partial charge in [-0.25, -0.2) is 9.97 Å². The van der Waals surface area contributed by atoms with Gasteiger partial charge in [-0.15, -0.1) is 11.3 Å². The van der Waals surface area contributed by atoms with Crippen LogP contribution in [-0.2, 0) is 13.1 Å². The van der Waals surface area contributed by atoms with Gasteiger partial charge < -0.3 is 5.32 Å². The highest BCUT2D eigenvalue weighted by Crippen LogP contribution is 2.11. The molecule has 0 saturated carbocycles. The smallest absolute Gasteiger partial charge is 0.138 e. The number of nitrogens with one attached hydrogen (secondary N) is 2. The molecule has 0 aliphatic heterocycles. The first-order chi connectivity index (χ1) is 6.86. The van der Waals surface area contributed by atoms with Crippen molar-refractivity contribution in [2.45, 2.75) is 20.0 Å². The maximum Gasteiger partial charge on any atom is 0.138 e. The lowest BCUT2D eigenvalue weighted by atomic mass is 10.4. The molecule has 0 aliphatic carbocycles. The highest BCUT2D eigenvalue weighted by molar-refractivity contribution is 7.09. The van der Waals surface area contributed by atoms with Crippen molar-refractivity contribution in [1.29, 1.82) is 0 Å². The molecule has 0 aromatic carbocycles. The molecule has 14 heavy (non-hydrogen) atoms. The minimum atomic E-state index is 0.706. The molecule has 2 aromatic heterocycles. The number of H-pyrrole nitrogens is 1. The van der Waals surface area contributed by atoms with Crippen LogP contribution in [0, 0.1) is 6.92 Å². The van der Waals surface area contributed by atoms with Crippen LogP contribution in [-0.4, -0.2) is 20.2 Å². The molecule has 5 nitrogen and oxygen atoms in total. The maximum absolute atomic E-state index is 4.18. The molecule has 2 aromatic rings. The van der Waals surface area contributed by atoms with Gasteiger partial charge in [0.15, 0.2) is 0 Å². The lowest BCUT2D eigenvalue weighted by molar-refractivity contribution is 0.668. The first-order valence-corrected chi connectivity index (χ1v) is 5.18. The van der Waals surface area contributed by atoms with Crippen LogP contribution in [0.2, 0.25) is 0 Å². The van der Waals surface area contributed by atoms with Gasteiger partial charge in [0.05, 0.1) is 17.7 Å². The van der Waals surface area contributed by atoms with Crippen molar-refractivity contribution >= 4 is 11.3 Å². The summed E-state index contributed by atoms with van der Waals surface area (Å²) in [6.45, 7) is 3.55. The third-order valence-corrected chi connectivity index (χ3v) is 2.82. The van der Waals surface area contributed by atoms with E-state index in [0.717, 1.165) is 18.1 Å². The van der Waals surface area contributed by atoms with Gasteiger partial charge in [0.2, 0.25) is 0 Å². The average molecular weight is 209 g/mol. The number of thiazole rings is 1. The molecule has 0 saturated heterocycles. The number of aromatic nitrogens is 4. The van der Waals surface area contributed by atoms with Crippen molar-refractivity contribution in [3.8, 4) is 0 Å². The topological polar surface area (TPSA) is 66.5 Å². The van der Waals surface area contributed by atoms with Crippen molar-refractivity contribution in [1.82, 2.24) is 25.5 Å². The van der Waals surface area contributed by atoms with Gasteiger partial charge in [-0.3, -0.25) is 5.10 Å². The Morgan fingerprint density at radius 3 is 3.00 bits per heavy atom. The summed E-state index contributed by atoms with van der Waals surface area (Å²) in [5.74, 6) is 0.854. The predicted octanol–water partition coefficient (Wildman–Crippen LogP) is 0.859. The summed E-state index contributed by atoms with van der Waals surface area (Å²) in [7, 11) is 0. The number of nitrogens with zero attached hydrogens (tertiary/aromatic N) is 3. The fourth-order valence-electron chi connectivity index (χ4n) is 1.11. The van der Waals surface area contributed by atoms with Crippen molar-refractivity contribution in [3.05, 3.63) is 28.2 Å². The third kappa shape index (κ3) is 2.15. The molecule has 0 unspecified atom stereocenters. The number of hydrogen-bond acceptors (Lipinski definition) is 5. The third-order valence-electron chi connectivity index (χ3n) is 1.89. The number of rotatable bonds is 4. The molecule has 0 bridgehead atoms. The standard InChI is InChI=1S/C8H11N5S/c1-6-7(14-5-11-6)2-9-3-8-10-4-12-13-8/h4-5,9H,2-3H2,1H3,(H,10,12,13). The average Bonchev–Trinajstić information content (AvgIpc) is 2.78. The minimum Gasteiger partial charge on any atom is -0.305 e. The Balaban J connectivity index is 1.81. The van der Waals surface area contributed by atoms with E-state index in [1.165, 1.54) is 11.2 Å². The fraction of sp³-hybridized carbons (Fsp3) is 0.375. The Hall–Kier alpha value is -1.27. The Morgan fingerprint density at radius 2 is 2.36 bits per heavy atom. The number of aryl methyl sites for hydroxylation is 1. The van der Waals surface area contributed by atoms with E-state index >= 15 is 0 Å². The van der Waals surface area contributed by atoms with E-state index in [4.69, 9.17) is 0 Å². The summed E-state index contributed by atoms with van der Waals surface area (Å²) in [6, 6.07) is 0.